The Kier molecular flexibility index (Phi) is 4.45. The number of carboxylic acid groups (broad SMARTS) is 1. The fourth-order valence-corrected chi connectivity index (χ4v) is 4.08. The monoisotopic (exact) mass is 284 g/mol. The van der Waals surface area contributed by atoms with Gasteiger partial charge in [0.2, 0.25) is 0 Å². The van der Waals surface area contributed by atoms with Crippen LogP contribution in [-0.2, 0) is 9.53 Å². The van der Waals surface area contributed by atoms with Gasteiger partial charge in [-0.3, -0.25) is 4.79 Å². The molecule has 1 aliphatic heterocycles. The van der Waals surface area contributed by atoms with E-state index in [1.165, 1.54) is 19.3 Å². The van der Waals surface area contributed by atoms with E-state index in [1.807, 2.05) is 20.8 Å². The Morgan fingerprint density at radius 2 is 1.75 bits per heavy atom. The molecule has 20 heavy (non-hydrogen) atoms. The van der Waals surface area contributed by atoms with Crippen molar-refractivity contribution in [2.24, 2.45) is 11.8 Å². The van der Waals surface area contributed by atoms with Gasteiger partial charge in [0.25, 0.3) is 0 Å². The molecule has 0 aromatic heterocycles. The van der Waals surface area contributed by atoms with Crippen LogP contribution in [0.15, 0.2) is 0 Å². The van der Waals surface area contributed by atoms with E-state index >= 15 is 0 Å². The van der Waals surface area contributed by atoms with Gasteiger partial charge in [0.05, 0.1) is 23.2 Å². The number of hydrogen-bond donors (Lipinski definition) is 2. The standard InChI is InChI=1S/C16H28O4/c1-15(2)12(14(18)19)9-10-16(3,20-15)13(17)11-7-5-4-6-8-11/h11-13,17H,4-10H2,1-3H3,(H,18,19)/t12-,13+,16-/m0/s1. The molecule has 3 atom stereocenters. The zero-order valence-electron chi connectivity index (χ0n) is 12.9. The second-order valence-corrected chi connectivity index (χ2v) is 7.29. The Hall–Kier alpha value is -0.610. The van der Waals surface area contributed by atoms with Crippen molar-refractivity contribution in [3.63, 3.8) is 0 Å². The summed E-state index contributed by atoms with van der Waals surface area (Å²) in [5.41, 5.74) is -1.34. The lowest BCUT2D eigenvalue weighted by Crippen LogP contribution is -2.58. The number of rotatable bonds is 3. The summed E-state index contributed by atoms with van der Waals surface area (Å²) >= 11 is 0. The quantitative estimate of drug-likeness (QED) is 0.836. The number of aliphatic hydroxyl groups excluding tert-OH is 1. The van der Waals surface area contributed by atoms with Crippen molar-refractivity contribution in [1.82, 2.24) is 0 Å². The average molecular weight is 284 g/mol. The Morgan fingerprint density at radius 1 is 1.15 bits per heavy atom. The third kappa shape index (κ3) is 3.01. The smallest absolute Gasteiger partial charge is 0.309 e. The van der Waals surface area contributed by atoms with Crippen LogP contribution >= 0.6 is 0 Å². The van der Waals surface area contributed by atoms with Crippen molar-refractivity contribution in [3.8, 4) is 0 Å². The zero-order valence-corrected chi connectivity index (χ0v) is 12.9. The lowest BCUT2D eigenvalue weighted by molar-refractivity contribution is -0.241. The van der Waals surface area contributed by atoms with E-state index in [4.69, 9.17) is 4.74 Å². The first-order valence-electron chi connectivity index (χ1n) is 7.87. The van der Waals surface area contributed by atoms with E-state index in [-0.39, 0.29) is 0 Å². The SMILES string of the molecule is CC1(C)O[C@](C)([C@H](O)C2CCCCC2)CC[C@H]1C(=O)O. The van der Waals surface area contributed by atoms with Gasteiger partial charge in [-0.15, -0.1) is 0 Å². The molecule has 0 amide bonds. The highest BCUT2D eigenvalue weighted by Crippen LogP contribution is 2.44. The molecule has 0 radical (unpaired) electrons. The Balaban J connectivity index is 2.09. The summed E-state index contributed by atoms with van der Waals surface area (Å²) in [5, 5.41) is 20.0. The van der Waals surface area contributed by atoms with Crippen LogP contribution in [-0.4, -0.2) is 33.5 Å². The molecule has 4 heteroatoms. The van der Waals surface area contributed by atoms with Crippen LogP contribution in [0.3, 0.4) is 0 Å². The van der Waals surface area contributed by atoms with Gasteiger partial charge in [0.1, 0.15) is 0 Å². The van der Waals surface area contributed by atoms with Gasteiger partial charge in [0, 0.05) is 0 Å². The van der Waals surface area contributed by atoms with Crippen molar-refractivity contribution in [2.75, 3.05) is 0 Å². The number of carboxylic acids is 1. The number of aliphatic hydroxyl groups is 1. The Labute approximate surface area is 121 Å². The van der Waals surface area contributed by atoms with E-state index < -0.39 is 29.2 Å². The van der Waals surface area contributed by atoms with Gasteiger partial charge < -0.3 is 14.9 Å². The van der Waals surface area contributed by atoms with Crippen LogP contribution < -0.4 is 0 Å². The van der Waals surface area contributed by atoms with Crippen LogP contribution in [0.4, 0.5) is 0 Å². The predicted octanol–water partition coefficient (Wildman–Crippen LogP) is 2.98. The molecule has 2 fully saturated rings. The third-order valence-electron chi connectivity index (χ3n) is 5.28. The summed E-state index contributed by atoms with van der Waals surface area (Å²) in [7, 11) is 0. The van der Waals surface area contributed by atoms with E-state index in [0.29, 0.717) is 18.8 Å². The summed E-state index contributed by atoms with van der Waals surface area (Å²) in [4.78, 5) is 11.3. The molecule has 2 aliphatic rings. The summed E-state index contributed by atoms with van der Waals surface area (Å²) in [6, 6.07) is 0. The number of ether oxygens (including phenoxy) is 1. The fourth-order valence-electron chi connectivity index (χ4n) is 4.08. The zero-order chi connectivity index (χ0) is 15.0. The molecule has 1 saturated heterocycles. The molecule has 2 N–H and O–H groups in total. The lowest BCUT2D eigenvalue weighted by atomic mass is 9.72. The molecule has 4 nitrogen and oxygen atoms in total. The maximum atomic E-state index is 11.3. The Morgan fingerprint density at radius 3 is 2.25 bits per heavy atom. The highest BCUT2D eigenvalue weighted by Gasteiger charge is 2.51. The third-order valence-corrected chi connectivity index (χ3v) is 5.28. The maximum Gasteiger partial charge on any atom is 0.309 e. The maximum absolute atomic E-state index is 11.3. The molecule has 1 saturated carbocycles. The van der Waals surface area contributed by atoms with Gasteiger partial charge in [-0.2, -0.15) is 0 Å². The van der Waals surface area contributed by atoms with Gasteiger partial charge >= 0.3 is 5.97 Å². The average Bonchev–Trinajstić information content (AvgIpc) is 2.37. The van der Waals surface area contributed by atoms with E-state index in [1.54, 1.807) is 0 Å². The summed E-state index contributed by atoms with van der Waals surface area (Å²) in [6.07, 6.45) is 6.43. The molecule has 1 heterocycles. The number of aliphatic carboxylic acids is 1. The van der Waals surface area contributed by atoms with Gasteiger partial charge in [-0.05, 0) is 52.4 Å². The first kappa shape index (κ1) is 15.8. The van der Waals surface area contributed by atoms with Gasteiger partial charge in [-0.25, -0.2) is 0 Å². The van der Waals surface area contributed by atoms with Crippen LogP contribution in [0.5, 0.6) is 0 Å². The molecular formula is C16H28O4. The molecule has 0 unspecified atom stereocenters. The van der Waals surface area contributed by atoms with Crippen LogP contribution in [0.25, 0.3) is 0 Å². The molecule has 0 aromatic rings. The minimum absolute atomic E-state index is 0.297. The molecule has 0 bridgehead atoms. The van der Waals surface area contributed by atoms with Crippen molar-refractivity contribution < 1.29 is 19.7 Å². The van der Waals surface area contributed by atoms with E-state index in [9.17, 15) is 15.0 Å². The molecule has 0 aromatic carbocycles. The molecule has 1 aliphatic carbocycles. The minimum Gasteiger partial charge on any atom is -0.481 e. The minimum atomic E-state index is -0.802. The van der Waals surface area contributed by atoms with Crippen LogP contribution in [0, 0.1) is 11.8 Å². The van der Waals surface area contributed by atoms with Crippen LogP contribution in [0.2, 0.25) is 0 Å². The molecule has 0 spiro atoms. The van der Waals surface area contributed by atoms with Crippen molar-refractivity contribution in [1.29, 1.82) is 0 Å². The van der Waals surface area contributed by atoms with E-state index in [0.717, 1.165) is 12.8 Å². The Bertz CT molecular complexity index is 359. The highest BCUT2D eigenvalue weighted by molar-refractivity contribution is 5.71. The van der Waals surface area contributed by atoms with Gasteiger partial charge in [0.15, 0.2) is 0 Å². The number of hydrogen-bond acceptors (Lipinski definition) is 3. The first-order valence-corrected chi connectivity index (χ1v) is 7.87. The summed E-state index contributed by atoms with van der Waals surface area (Å²) in [5.74, 6) is -0.996. The van der Waals surface area contributed by atoms with Crippen molar-refractivity contribution in [2.45, 2.75) is 83.0 Å². The van der Waals surface area contributed by atoms with Crippen molar-refractivity contribution in [3.05, 3.63) is 0 Å². The molecular weight excluding hydrogens is 256 g/mol. The van der Waals surface area contributed by atoms with Gasteiger partial charge in [-0.1, -0.05) is 19.3 Å². The molecule has 2 rings (SSSR count). The fraction of sp³-hybridized carbons (Fsp3) is 0.938. The van der Waals surface area contributed by atoms with Crippen molar-refractivity contribution >= 4 is 5.97 Å². The topological polar surface area (TPSA) is 66.8 Å². The second-order valence-electron chi connectivity index (χ2n) is 7.29. The first-order chi connectivity index (χ1) is 9.26. The van der Waals surface area contributed by atoms with E-state index in [2.05, 4.69) is 0 Å². The predicted molar refractivity (Wildman–Crippen MR) is 76.5 cm³/mol. The van der Waals surface area contributed by atoms with Crippen LogP contribution in [0.1, 0.15) is 65.7 Å². The number of carbonyl (C=O) groups is 1. The normalized spacial score (nSPS) is 36.5. The highest BCUT2D eigenvalue weighted by atomic mass is 16.5. The lowest BCUT2D eigenvalue weighted by Gasteiger charge is -2.50. The summed E-state index contributed by atoms with van der Waals surface area (Å²) in [6.45, 7) is 5.61. The largest absolute Gasteiger partial charge is 0.481 e. The summed E-state index contributed by atoms with van der Waals surface area (Å²) < 4.78 is 6.12. The molecule has 116 valence electrons. The second kappa shape index (κ2) is 5.64.